The molecule has 0 heterocycles. The van der Waals surface area contributed by atoms with Crippen molar-refractivity contribution in [1.82, 2.24) is 0 Å². The van der Waals surface area contributed by atoms with Crippen LogP contribution in [-0.4, -0.2) is 5.11 Å². The van der Waals surface area contributed by atoms with E-state index in [1.165, 1.54) is 0 Å². The molecule has 1 N–H and O–H groups in total. The fourth-order valence-corrected chi connectivity index (χ4v) is 0.428. The number of hydrogen-bond donors (Lipinski definition) is 1. The maximum absolute atomic E-state index is 8.63. The standard InChI is InChI=1S/C6H6O.CHN.Cu/c7-6-4-2-1-3-5-6;1-2;/h1-5,7H;1H;. The van der Waals surface area contributed by atoms with Gasteiger partial charge in [-0.3, -0.25) is 0 Å². The Morgan fingerprint density at radius 1 is 1.10 bits per heavy atom. The summed E-state index contributed by atoms with van der Waals surface area (Å²) in [6.45, 7) is 3.50. The number of benzene rings is 1. The zero-order valence-electron chi connectivity index (χ0n) is 5.16. The smallest absolute Gasteiger partial charge is 0.115 e. The van der Waals surface area contributed by atoms with Crippen molar-refractivity contribution in [3.63, 3.8) is 0 Å². The van der Waals surface area contributed by atoms with Crippen molar-refractivity contribution in [3.05, 3.63) is 30.3 Å². The van der Waals surface area contributed by atoms with Gasteiger partial charge in [-0.25, -0.2) is 5.26 Å². The molecule has 0 spiro atoms. The second-order valence-electron chi connectivity index (χ2n) is 1.34. The van der Waals surface area contributed by atoms with Crippen LogP contribution < -0.4 is 0 Å². The van der Waals surface area contributed by atoms with Crippen molar-refractivity contribution >= 4 is 0 Å². The molecule has 0 aliphatic rings. The Labute approximate surface area is 70.6 Å². The minimum atomic E-state index is 0. The maximum Gasteiger partial charge on any atom is 0.115 e. The van der Waals surface area contributed by atoms with Gasteiger partial charge in [-0.15, -0.1) is 0 Å². The maximum atomic E-state index is 8.63. The topological polar surface area (TPSA) is 44.0 Å². The van der Waals surface area contributed by atoms with Crippen LogP contribution >= 0.6 is 0 Å². The monoisotopic (exact) mass is 184 g/mol. The van der Waals surface area contributed by atoms with Gasteiger partial charge in [-0.1, -0.05) is 18.2 Å². The number of aromatic hydroxyl groups is 1. The molecular weight excluding hydrogens is 178 g/mol. The van der Waals surface area contributed by atoms with Gasteiger partial charge in [0.25, 0.3) is 0 Å². The third-order valence-corrected chi connectivity index (χ3v) is 0.756. The molecule has 0 amide bonds. The first-order valence-corrected chi connectivity index (χ1v) is 2.39. The van der Waals surface area contributed by atoms with Crippen molar-refractivity contribution < 1.29 is 22.2 Å². The number of phenolic OH excluding ortho intramolecular Hbond substituents is 1. The van der Waals surface area contributed by atoms with E-state index in [1.807, 2.05) is 6.07 Å². The van der Waals surface area contributed by atoms with E-state index in [0.717, 1.165) is 0 Å². The third-order valence-electron chi connectivity index (χ3n) is 0.756. The molecule has 3 heteroatoms. The summed E-state index contributed by atoms with van der Waals surface area (Å²) in [5, 5.41) is 15.1. The van der Waals surface area contributed by atoms with Gasteiger partial charge in [0, 0.05) is 23.6 Å². The molecule has 0 atom stereocenters. The molecule has 1 aromatic carbocycles. The quantitative estimate of drug-likeness (QED) is 0.622. The first kappa shape index (κ1) is 11.8. The molecule has 0 aliphatic heterocycles. The number of nitriles is 1. The van der Waals surface area contributed by atoms with Crippen LogP contribution in [0.1, 0.15) is 0 Å². The van der Waals surface area contributed by atoms with Crippen LogP contribution in [0.4, 0.5) is 0 Å². The first-order valence-electron chi connectivity index (χ1n) is 2.39. The van der Waals surface area contributed by atoms with E-state index in [-0.39, 0.29) is 17.1 Å². The summed E-state index contributed by atoms with van der Waals surface area (Å²) >= 11 is 0. The fourth-order valence-electron chi connectivity index (χ4n) is 0.428. The SMILES string of the molecule is C#N.Oc1ccccc1.[Cu]. The normalized spacial score (nSPS) is 6.20. The Morgan fingerprint density at radius 2 is 1.50 bits per heavy atom. The molecule has 0 fully saturated rings. The van der Waals surface area contributed by atoms with Crippen LogP contribution in [0.15, 0.2) is 30.3 Å². The van der Waals surface area contributed by atoms with Crippen molar-refractivity contribution in [1.29, 1.82) is 5.26 Å². The van der Waals surface area contributed by atoms with E-state index >= 15 is 0 Å². The molecule has 0 saturated carbocycles. The number of nitrogens with zero attached hydrogens (tertiary/aromatic N) is 1. The Bertz CT molecular complexity index is 173. The summed E-state index contributed by atoms with van der Waals surface area (Å²) < 4.78 is 0. The first-order chi connectivity index (χ1) is 4.39. The molecular formula is C7H7CuNO. The number of hydrogen-bond acceptors (Lipinski definition) is 2. The van der Waals surface area contributed by atoms with Crippen LogP contribution in [0.2, 0.25) is 0 Å². The molecule has 1 aromatic rings. The average Bonchev–Trinajstić information content (AvgIpc) is 1.94. The average molecular weight is 185 g/mol. The summed E-state index contributed by atoms with van der Waals surface area (Å²) in [4.78, 5) is 0. The van der Waals surface area contributed by atoms with E-state index in [9.17, 15) is 0 Å². The van der Waals surface area contributed by atoms with Crippen molar-refractivity contribution in [2.45, 2.75) is 0 Å². The second-order valence-corrected chi connectivity index (χ2v) is 1.34. The Kier molecular flexibility index (Phi) is 9.46. The summed E-state index contributed by atoms with van der Waals surface area (Å²) in [5.41, 5.74) is 0. The van der Waals surface area contributed by atoms with E-state index in [0.29, 0.717) is 5.75 Å². The molecule has 0 bridgehead atoms. The van der Waals surface area contributed by atoms with Crippen molar-refractivity contribution in [2.24, 2.45) is 0 Å². The Balaban J connectivity index is 0. The summed E-state index contributed by atoms with van der Waals surface area (Å²) in [7, 11) is 0. The van der Waals surface area contributed by atoms with Crippen molar-refractivity contribution in [2.75, 3.05) is 0 Å². The van der Waals surface area contributed by atoms with Gasteiger partial charge in [0.15, 0.2) is 0 Å². The van der Waals surface area contributed by atoms with Gasteiger partial charge in [0.1, 0.15) is 5.75 Å². The molecule has 57 valence electrons. The molecule has 1 radical (unpaired) electrons. The fraction of sp³-hybridized carbons (Fsp3) is 0. The molecule has 0 aromatic heterocycles. The van der Waals surface area contributed by atoms with Crippen LogP contribution in [0, 0.1) is 11.8 Å². The number of para-hydroxylation sites is 1. The van der Waals surface area contributed by atoms with E-state index in [2.05, 4.69) is 6.57 Å². The largest absolute Gasteiger partial charge is 0.508 e. The zero-order chi connectivity index (χ0) is 7.11. The Morgan fingerprint density at radius 3 is 1.70 bits per heavy atom. The summed E-state index contributed by atoms with van der Waals surface area (Å²) in [6, 6.07) is 8.71. The zero-order valence-corrected chi connectivity index (χ0v) is 6.10. The van der Waals surface area contributed by atoms with E-state index in [1.54, 1.807) is 24.3 Å². The minimum absolute atomic E-state index is 0. The second kappa shape index (κ2) is 8.03. The Hall–Kier alpha value is -0.971. The van der Waals surface area contributed by atoms with Gasteiger partial charge in [0.05, 0.1) is 0 Å². The van der Waals surface area contributed by atoms with Gasteiger partial charge >= 0.3 is 0 Å². The summed E-state index contributed by atoms with van der Waals surface area (Å²) in [5.74, 6) is 0.322. The van der Waals surface area contributed by atoms with E-state index < -0.39 is 0 Å². The molecule has 0 aliphatic carbocycles. The molecule has 10 heavy (non-hydrogen) atoms. The molecule has 1 rings (SSSR count). The van der Waals surface area contributed by atoms with Crippen LogP contribution in [-0.2, 0) is 17.1 Å². The van der Waals surface area contributed by atoms with Crippen LogP contribution in [0.5, 0.6) is 5.75 Å². The predicted octanol–water partition coefficient (Wildman–Crippen LogP) is 1.53. The van der Waals surface area contributed by atoms with Gasteiger partial charge in [-0.05, 0) is 12.1 Å². The number of phenols is 1. The minimum Gasteiger partial charge on any atom is -0.508 e. The van der Waals surface area contributed by atoms with Gasteiger partial charge in [0.2, 0.25) is 0 Å². The molecule has 0 unspecified atom stereocenters. The molecule has 0 saturated heterocycles. The van der Waals surface area contributed by atoms with E-state index in [4.69, 9.17) is 10.4 Å². The third kappa shape index (κ3) is 5.17. The molecule has 2 nitrogen and oxygen atoms in total. The van der Waals surface area contributed by atoms with Gasteiger partial charge in [-0.2, -0.15) is 0 Å². The van der Waals surface area contributed by atoms with Crippen LogP contribution in [0.25, 0.3) is 0 Å². The predicted molar refractivity (Wildman–Crippen MR) is 34.8 cm³/mol. The van der Waals surface area contributed by atoms with Crippen molar-refractivity contribution in [3.8, 4) is 12.3 Å². The summed E-state index contributed by atoms with van der Waals surface area (Å²) in [6.07, 6.45) is 0. The van der Waals surface area contributed by atoms with Gasteiger partial charge < -0.3 is 5.11 Å². The number of rotatable bonds is 0. The van der Waals surface area contributed by atoms with Crippen LogP contribution in [0.3, 0.4) is 0 Å².